The van der Waals surface area contributed by atoms with Crippen LogP contribution < -0.4 is 4.84 Å². The summed E-state index contributed by atoms with van der Waals surface area (Å²) < 4.78 is 5.26. The van der Waals surface area contributed by atoms with Crippen molar-refractivity contribution in [2.24, 2.45) is 0 Å². The summed E-state index contributed by atoms with van der Waals surface area (Å²) >= 11 is 7.36. The molecule has 0 amide bonds. The Morgan fingerprint density at radius 2 is 1.64 bits per heavy atom. The van der Waals surface area contributed by atoms with Gasteiger partial charge in [-0.05, 0) is 54.4 Å². The van der Waals surface area contributed by atoms with Gasteiger partial charge >= 0.3 is 0 Å². The summed E-state index contributed by atoms with van der Waals surface area (Å²) in [4.78, 5) is 9.12. The first kappa shape index (κ1) is 20.9. The summed E-state index contributed by atoms with van der Waals surface area (Å²) in [5, 5.41) is 18.9. The molecule has 0 radical (unpaired) electrons. The van der Waals surface area contributed by atoms with Crippen LogP contribution in [-0.2, 0) is 6.42 Å². The fraction of sp³-hybridized carbons (Fsp3) is 0.286. The number of benzene rings is 2. The topological polar surface area (TPSA) is 78.5 Å². The molecule has 0 saturated heterocycles. The summed E-state index contributed by atoms with van der Waals surface area (Å²) in [5.41, 5.74) is 2.13. The van der Waals surface area contributed by atoms with Crippen molar-refractivity contribution in [3.63, 3.8) is 0 Å². The van der Waals surface area contributed by atoms with Gasteiger partial charge in [0.2, 0.25) is 0 Å². The number of halogens is 1. The standard InChI is InChI=1S/C21H23ClN2O3S/c1-15-23-20(12-27-15)17-4-8-19(9-5-17)28-18-6-2-16(3-7-18)10-11-21(13-25,14-26)24-22/h2-9,12,24-26H,10-11,13-14H2,1H3. The molecule has 0 aliphatic heterocycles. The molecule has 0 fully saturated rings. The maximum atomic E-state index is 9.44. The predicted octanol–water partition coefficient (Wildman–Crippen LogP) is 4.20. The van der Waals surface area contributed by atoms with Crippen molar-refractivity contribution in [3.8, 4) is 11.3 Å². The van der Waals surface area contributed by atoms with Crippen LogP contribution in [0.4, 0.5) is 0 Å². The molecular formula is C21H23ClN2O3S. The maximum Gasteiger partial charge on any atom is 0.191 e. The van der Waals surface area contributed by atoms with E-state index in [-0.39, 0.29) is 13.2 Å². The van der Waals surface area contributed by atoms with Gasteiger partial charge in [-0.3, -0.25) is 0 Å². The SMILES string of the molecule is Cc1nc(-c2ccc(Sc3ccc(CCC(CO)(CO)NCl)cc3)cc2)co1. The van der Waals surface area contributed by atoms with Crippen molar-refractivity contribution < 1.29 is 14.6 Å². The van der Waals surface area contributed by atoms with Crippen LogP contribution in [0.2, 0.25) is 0 Å². The summed E-state index contributed by atoms with van der Waals surface area (Å²) in [6, 6.07) is 16.5. The van der Waals surface area contributed by atoms with Crippen molar-refractivity contribution in [1.29, 1.82) is 0 Å². The fourth-order valence-corrected chi connectivity index (χ4v) is 3.78. The third kappa shape index (κ3) is 5.16. The van der Waals surface area contributed by atoms with Gasteiger partial charge in [0.1, 0.15) is 12.0 Å². The van der Waals surface area contributed by atoms with Gasteiger partial charge in [-0.15, -0.1) is 0 Å². The summed E-state index contributed by atoms with van der Waals surface area (Å²) in [5.74, 6) is 0.658. The van der Waals surface area contributed by atoms with E-state index in [0.29, 0.717) is 18.7 Å². The Morgan fingerprint density at radius 3 is 2.14 bits per heavy atom. The highest BCUT2D eigenvalue weighted by Gasteiger charge is 2.27. The number of hydrogen-bond acceptors (Lipinski definition) is 6. The Morgan fingerprint density at radius 1 is 1.04 bits per heavy atom. The minimum Gasteiger partial charge on any atom is -0.449 e. The Hall–Kier alpha value is -1.83. The highest BCUT2D eigenvalue weighted by Crippen LogP contribution is 2.30. The zero-order valence-corrected chi connectivity index (χ0v) is 17.1. The number of aromatic nitrogens is 1. The first-order chi connectivity index (χ1) is 13.6. The van der Waals surface area contributed by atoms with Gasteiger partial charge in [-0.2, -0.15) is 0 Å². The lowest BCUT2D eigenvalue weighted by Gasteiger charge is -2.27. The third-order valence-electron chi connectivity index (χ3n) is 4.63. The van der Waals surface area contributed by atoms with Crippen LogP contribution in [0.1, 0.15) is 17.9 Å². The van der Waals surface area contributed by atoms with E-state index in [1.165, 1.54) is 0 Å². The highest BCUT2D eigenvalue weighted by atomic mass is 35.5. The van der Waals surface area contributed by atoms with E-state index in [1.807, 2.05) is 19.1 Å². The molecule has 1 heterocycles. The third-order valence-corrected chi connectivity index (χ3v) is 6.04. The van der Waals surface area contributed by atoms with E-state index >= 15 is 0 Å². The van der Waals surface area contributed by atoms with Gasteiger partial charge in [0.05, 0.1) is 18.8 Å². The van der Waals surface area contributed by atoms with Crippen molar-refractivity contribution in [2.45, 2.75) is 35.1 Å². The maximum absolute atomic E-state index is 9.44. The normalized spacial score (nSPS) is 11.7. The Balaban J connectivity index is 1.59. The van der Waals surface area contributed by atoms with Crippen LogP contribution >= 0.6 is 23.5 Å². The molecule has 0 atom stereocenters. The fourth-order valence-electron chi connectivity index (χ4n) is 2.75. The molecule has 0 spiro atoms. The number of rotatable bonds is 9. The van der Waals surface area contributed by atoms with Crippen molar-refractivity contribution in [2.75, 3.05) is 13.2 Å². The second-order valence-electron chi connectivity index (χ2n) is 6.71. The lowest BCUT2D eigenvalue weighted by Crippen LogP contribution is -2.47. The second-order valence-corrected chi connectivity index (χ2v) is 8.05. The van der Waals surface area contributed by atoms with Crippen LogP contribution in [-0.4, -0.2) is 33.9 Å². The van der Waals surface area contributed by atoms with Crippen molar-refractivity contribution >= 4 is 23.5 Å². The minimum atomic E-state index is -0.862. The van der Waals surface area contributed by atoms with E-state index in [0.717, 1.165) is 26.6 Å². The first-order valence-corrected chi connectivity index (χ1v) is 10.2. The molecule has 7 heteroatoms. The predicted molar refractivity (Wildman–Crippen MR) is 111 cm³/mol. The van der Waals surface area contributed by atoms with Crippen LogP contribution in [0.25, 0.3) is 11.3 Å². The molecule has 0 aliphatic rings. The number of nitrogens with one attached hydrogen (secondary N) is 1. The molecule has 0 bridgehead atoms. The molecule has 0 unspecified atom stereocenters. The van der Waals surface area contributed by atoms with Gasteiger partial charge in [-0.25, -0.2) is 9.82 Å². The average molecular weight is 419 g/mol. The van der Waals surface area contributed by atoms with E-state index in [2.05, 4.69) is 46.2 Å². The second kappa shape index (κ2) is 9.58. The van der Waals surface area contributed by atoms with Gasteiger partial charge in [0, 0.05) is 22.3 Å². The van der Waals surface area contributed by atoms with Crippen molar-refractivity contribution in [3.05, 3.63) is 66.2 Å². The van der Waals surface area contributed by atoms with Crippen LogP contribution in [0.15, 0.2) is 69.0 Å². The number of oxazole rings is 1. The zero-order valence-electron chi connectivity index (χ0n) is 15.6. The van der Waals surface area contributed by atoms with E-state index in [4.69, 9.17) is 16.2 Å². The van der Waals surface area contributed by atoms with Gasteiger partial charge in [-0.1, -0.05) is 36.0 Å². The quantitative estimate of drug-likeness (QED) is 0.452. The molecule has 3 rings (SSSR count). The molecule has 28 heavy (non-hydrogen) atoms. The van der Waals surface area contributed by atoms with E-state index < -0.39 is 5.54 Å². The van der Waals surface area contributed by atoms with Gasteiger partial charge < -0.3 is 14.6 Å². The minimum absolute atomic E-state index is 0.217. The lowest BCUT2D eigenvalue weighted by atomic mass is 9.94. The number of aliphatic hydroxyl groups is 2. The zero-order chi connectivity index (χ0) is 20.0. The molecule has 3 aromatic rings. The highest BCUT2D eigenvalue weighted by molar-refractivity contribution is 7.99. The largest absolute Gasteiger partial charge is 0.449 e. The molecule has 0 saturated carbocycles. The molecule has 3 N–H and O–H groups in total. The van der Waals surface area contributed by atoms with Crippen LogP contribution in [0, 0.1) is 6.92 Å². The number of aliphatic hydroxyl groups excluding tert-OH is 2. The Kier molecular flexibility index (Phi) is 7.15. The molecule has 1 aromatic heterocycles. The number of aryl methyl sites for hydroxylation is 2. The first-order valence-electron chi connectivity index (χ1n) is 8.96. The van der Waals surface area contributed by atoms with Gasteiger partial charge in [0.25, 0.3) is 0 Å². The molecule has 148 valence electrons. The summed E-state index contributed by atoms with van der Waals surface area (Å²) in [6.45, 7) is 1.40. The summed E-state index contributed by atoms with van der Waals surface area (Å²) in [7, 11) is 0. The van der Waals surface area contributed by atoms with Crippen LogP contribution in [0.5, 0.6) is 0 Å². The molecular weight excluding hydrogens is 396 g/mol. The van der Waals surface area contributed by atoms with E-state index in [9.17, 15) is 10.2 Å². The average Bonchev–Trinajstić information content (AvgIpc) is 3.17. The molecule has 2 aromatic carbocycles. The van der Waals surface area contributed by atoms with Crippen molar-refractivity contribution in [1.82, 2.24) is 9.82 Å². The molecule has 0 aliphatic carbocycles. The summed E-state index contributed by atoms with van der Waals surface area (Å²) in [6.07, 6.45) is 2.91. The smallest absolute Gasteiger partial charge is 0.191 e. The van der Waals surface area contributed by atoms with Gasteiger partial charge in [0.15, 0.2) is 5.89 Å². The Labute approximate surface area is 173 Å². The lowest BCUT2D eigenvalue weighted by molar-refractivity contribution is 0.103. The Bertz CT molecular complexity index is 869. The van der Waals surface area contributed by atoms with E-state index in [1.54, 1.807) is 18.0 Å². The molecule has 5 nitrogen and oxygen atoms in total. The monoisotopic (exact) mass is 418 g/mol. The van der Waals surface area contributed by atoms with Crippen LogP contribution in [0.3, 0.4) is 0 Å². The number of hydrogen-bond donors (Lipinski definition) is 3. The number of nitrogens with zero attached hydrogens (tertiary/aromatic N) is 1.